The van der Waals surface area contributed by atoms with Crippen molar-refractivity contribution in [3.63, 3.8) is 0 Å². The average molecular weight is 311 g/mol. The van der Waals surface area contributed by atoms with Crippen LogP contribution in [0.4, 0.5) is 4.79 Å². The number of carbonyl (C=O) groups excluding carboxylic acids is 1. The summed E-state index contributed by atoms with van der Waals surface area (Å²) < 4.78 is 21.2. The Balaban J connectivity index is 2.08. The molecule has 1 amide bonds. The molecule has 0 saturated carbocycles. The van der Waals surface area contributed by atoms with Crippen molar-refractivity contribution < 1.29 is 23.7 Å². The van der Waals surface area contributed by atoms with Crippen LogP contribution in [0.2, 0.25) is 0 Å². The van der Waals surface area contributed by atoms with Crippen molar-refractivity contribution in [1.82, 2.24) is 5.32 Å². The molecule has 0 bridgehead atoms. The molecule has 6 heteroatoms. The second-order valence-corrected chi connectivity index (χ2v) is 5.54. The first-order valence-corrected chi connectivity index (χ1v) is 7.23. The van der Waals surface area contributed by atoms with Gasteiger partial charge in [0.25, 0.3) is 0 Å². The molecule has 0 aliphatic heterocycles. The molecule has 0 aliphatic carbocycles. The lowest BCUT2D eigenvalue weighted by Gasteiger charge is -2.19. The molecule has 124 valence electrons. The molecule has 0 fully saturated rings. The Morgan fingerprint density at radius 1 is 1.09 bits per heavy atom. The van der Waals surface area contributed by atoms with Crippen LogP contribution in [0.15, 0.2) is 24.3 Å². The predicted molar refractivity (Wildman–Crippen MR) is 83.5 cm³/mol. The smallest absolute Gasteiger partial charge is 0.407 e. The highest BCUT2D eigenvalue weighted by Crippen LogP contribution is 2.25. The minimum absolute atomic E-state index is 0.392. The number of ether oxygens (including phenoxy) is 4. The van der Waals surface area contributed by atoms with E-state index >= 15 is 0 Å². The number of amides is 1. The van der Waals surface area contributed by atoms with Gasteiger partial charge in [-0.05, 0) is 32.9 Å². The minimum Gasteiger partial charge on any atom is -0.493 e. The van der Waals surface area contributed by atoms with Crippen LogP contribution >= 0.6 is 0 Å². The van der Waals surface area contributed by atoms with Gasteiger partial charge in [0, 0.05) is 6.54 Å². The van der Waals surface area contributed by atoms with Gasteiger partial charge >= 0.3 is 6.09 Å². The number of hydrogen-bond acceptors (Lipinski definition) is 5. The van der Waals surface area contributed by atoms with E-state index in [2.05, 4.69) is 5.32 Å². The van der Waals surface area contributed by atoms with Crippen LogP contribution in [0, 0.1) is 0 Å². The van der Waals surface area contributed by atoms with Crippen LogP contribution in [0.5, 0.6) is 11.5 Å². The topological polar surface area (TPSA) is 66.0 Å². The molecule has 0 unspecified atom stereocenters. The predicted octanol–water partition coefficient (Wildman–Crippen LogP) is 2.62. The van der Waals surface area contributed by atoms with Gasteiger partial charge in [-0.3, -0.25) is 0 Å². The van der Waals surface area contributed by atoms with E-state index in [1.165, 1.54) is 0 Å². The van der Waals surface area contributed by atoms with Crippen molar-refractivity contribution in [1.29, 1.82) is 0 Å². The number of benzene rings is 1. The lowest BCUT2D eigenvalue weighted by Crippen LogP contribution is -2.34. The zero-order chi connectivity index (χ0) is 16.4. The van der Waals surface area contributed by atoms with Gasteiger partial charge in [0.1, 0.15) is 12.2 Å². The lowest BCUT2D eigenvalue weighted by molar-refractivity contribution is 0.0488. The summed E-state index contributed by atoms with van der Waals surface area (Å²) in [5.41, 5.74) is -0.493. The van der Waals surface area contributed by atoms with Crippen LogP contribution in [-0.4, -0.2) is 45.2 Å². The van der Waals surface area contributed by atoms with Crippen LogP contribution < -0.4 is 14.8 Å². The van der Waals surface area contributed by atoms with E-state index in [1.807, 2.05) is 45.0 Å². The van der Waals surface area contributed by atoms with Gasteiger partial charge in [-0.15, -0.1) is 0 Å². The number of hydrogen-bond donors (Lipinski definition) is 1. The molecular weight excluding hydrogens is 286 g/mol. The van der Waals surface area contributed by atoms with E-state index in [-0.39, 0.29) is 0 Å². The number of carbonyl (C=O) groups is 1. The molecule has 0 spiro atoms. The summed E-state index contributed by atoms with van der Waals surface area (Å²) in [7, 11) is 1.60. The van der Waals surface area contributed by atoms with Crippen molar-refractivity contribution in [2.24, 2.45) is 0 Å². The summed E-state index contributed by atoms with van der Waals surface area (Å²) in [4.78, 5) is 11.4. The highest BCUT2D eigenvalue weighted by Gasteiger charge is 2.15. The number of nitrogens with one attached hydrogen (secondary N) is 1. The van der Waals surface area contributed by atoms with Gasteiger partial charge in [-0.25, -0.2) is 4.79 Å². The monoisotopic (exact) mass is 311 g/mol. The van der Waals surface area contributed by atoms with Crippen molar-refractivity contribution in [3.8, 4) is 11.5 Å². The molecule has 1 aromatic rings. The van der Waals surface area contributed by atoms with E-state index in [0.717, 1.165) is 0 Å². The maximum atomic E-state index is 11.4. The molecule has 1 rings (SSSR count). The van der Waals surface area contributed by atoms with E-state index in [4.69, 9.17) is 18.9 Å². The molecule has 0 radical (unpaired) electrons. The first-order valence-electron chi connectivity index (χ1n) is 7.23. The summed E-state index contributed by atoms with van der Waals surface area (Å²) >= 11 is 0. The standard InChI is InChI=1S/C16H25NO5/c1-16(2,3)22-15(18)17-9-10-20-11-12-21-14-8-6-5-7-13(14)19-4/h5-8H,9-12H2,1-4H3,(H,17,18). The second-order valence-electron chi connectivity index (χ2n) is 5.54. The Labute approximate surface area is 131 Å². The van der Waals surface area contributed by atoms with Gasteiger partial charge in [-0.1, -0.05) is 12.1 Å². The molecular formula is C16H25NO5. The minimum atomic E-state index is -0.493. The third-order valence-corrected chi connectivity index (χ3v) is 2.47. The molecule has 0 atom stereocenters. The normalized spacial score (nSPS) is 10.9. The quantitative estimate of drug-likeness (QED) is 0.748. The second kappa shape index (κ2) is 9.15. The number of alkyl carbamates (subject to hydrolysis) is 1. The molecule has 1 N–H and O–H groups in total. The number of para-hydroxylation sites is 2. The summed E-state index contributed by atoms with van der Waals surface area (Å²) in [5, 5.41) is 2.62. The molecule has 0 saturated heterocycles. The SMILES string of the molecule is COc1ccccc1OCCOCCNC(=O)OC(C)(C)C. The molecule has 0 aromatic heterocycles. The molecule has 0 heterocycles. The number of rotatable bonds is 8. The van der Waals surface area contributed by atoms with E-state index < -0.39 is 11.7 Å². The highest BCUT2D eigenvalue weighted by molar-refractivity contribution is 5.67. The molecule has 22 heavy (non-hydrogen) atoms. The summed E-state index contributed by atoms with van der Waals surface area (Å²) in [5.74, 6) is 1.37. The zero-order valence-corrected chi connectivity index (χ0v) is 13.7. The van der Waals surface area contributed by atoms with Gasteiger partial charge < -0.3 is 24.3 Å². The number of methoxy groups -OCH3 is 1. The lowest BCUT2D eigenvalue weighted by atomic mass is 10.2. The van der Waals surface area contributed by atoms with Crippen LogP contribution in [0.1, 0.15) is 20.8 Å². The van der Waals surface area contributed by atoms with Crippen molar-refractivity contribution in [2.45, 2.75) is 26.4 Å². The highest BCUT2D eigenvalue weighted by atomic mass is 16.6. The molecule has 6 nitrogen and oxygen atoms in total. The third kappa shape index (κ3) is 7.73. The summed E-state index contributed by atoms with van der Waals surface area (Å²) in [6.45, 7) is 7.08. The summed E-state index contributed by atoms with van der Waals surface area (Å²) in [6.07, 6.45) is -0.443. The van der Waals surface area contributed by atoms with E-state index in [9.17, 15) is 4.79 Å². The fourth-order valence-electron chi connectivity index (χ4n) is 1.59. The zero-order valence-electron chi connectivity index (χ0n) is 13.7. The first kappa shape index (κ1) is 18.1. The third-order valence-electron chi connectivity index (χ3n) is 2.47. The van der Waals surface area contributed by atoms with Crippen molar-refractivity contribution in [3.05, 3.63) is 24.3 Å². The van der Waals surface area contributed by atoms with Crippen LogP contribution in [0.25, 0.3) is 0 Å². The molecule has 0 aliphatic rings. The van der Waals surface area contributed by atoms with Gasteiger partial charge in [0.15, 0.2) is 11.5 Å². The van der Waals surface area contributed by atoms with Crippen molar-refractivity contribution >= 4 is 6.09 Å². The first-order chi connectivity index (χ1) is 10.4. The van der Waals surface area contributed by atoms with Crippen molar-refractivity contribution in [2.75, 3.05) is 33.5 Å². The fraction of sp³-hybridized carbons (Fsp3) is 0.562. The Bertz CT molecular complexity index is 456. The van der Waals surface area contributed by atoms with Crippen LogP contribution in [0.3, 0.4) is 0 Å². The fourth-order valence-corrected chi connectivity index (χ4v) is 1.59. The van der Waals surface area contributed by atoms with Gasteiger partial charge in [-0.2, -0.15) is 0 Å². The van der Waals surface area contributed by atoms with Gasteiger partial charge in [0.2, 0.25) is 0 Å². The Morgan fingerprint density at radius 2 is 1.77 bits per heavy atom. The summed E-state index contributed by atoms with van der Waals surface area (Å²) in [6, 6.07) is 7.43. The average Bonchev–Trinajstić information content (AvgIpc) is 2.44. The maximum absolute atomic E-state index is 11.4. The van der Waals surface area contributed by atoms with Crippen LogP contribution in [-0.2, 0) is 9.47 Å². The van der Waals surface area contributed by atoms with E-state index in [1.54, 1.807) is 7.11 Å². The molecule has 1 aromatic carbocycles. The maximum Gasteiger partial charge on any atom is 0.407 e. The largest absolute Gasteiger partial charge is 0.493 e. The Kier molecular flexibility index (Phi) is 7.52. The van der Waals surface area contributed by atoms with E-state index in [0.29, 0.717) is 37.9 Å². The Hall–Kier alpha value is -1.95. The Morgan fingerprint density at radius 3 is 2.41 bits per heavy atom. The van der Waals surface area contributed by atoms with Gasteiger partial charge in [0.05, 0.1) is 20.3 Å².